The standard InChI is InChI=1S/C13H13ClN2O/c1-9-10(14)5-3-6-11(9)15-13(17)12-7-4-8-16(12)2/h3-8H,1-2H3,(H,15,17). The summed E-state index contributed by atoms with van der Waals surface area (Å²) < 4.78 is 1.77. The lowest BCUT2D eigenvalue weighted by atomic mass is 10.2. The van der Waals surface area contributed by atoms with E-state index >= 15 is 0 Å². The second kappa shape index (κ2) is 4.63. The lowest BCUT2D eigenvalue weighted by Gasteiger charge is -2.09. The van der Waals surface area contributed by atoms with Gasteiger partial charge in [-0.15, -0.1) is 0 Å². The zero-order valence-electron chi connectivity index (χ0n) is 9.70. The average molecular weight is 249 g/mol. The molecule has 2 rings (SSSR count). The molecule has 0 bridgehead atoms. The molecule has 0 fully saturated rings. The predicted octanol–water partition coefficient (Wildman–Crippen LogP) is 3.24. The van der Waals surface area contributed by atoms with Gasteiger partial charge in [0, 0.05) is 24.0 Å². The normalized spacial score (nSPS) is 10.3. The third kappa shape index (κ3) is 2.34. The zero-order valence-corrected chi connectivity index (χ0v) is 10.5. The lowest BCUT2D eigenvalue weighted by molar-refractivity contribution is 0.101. The molecule has 0 saturated heterocycles. The first-order chi connectivity index (χ1) is 8.09. The maximum absolute atomic E-state index is 12.0. The van der Waals surface area contributed by atoms with Crippen molar-refractivity contribution in [2.75, 3.05) is 5.32 Å². The summed E-state index contributed by atoms with van der Waals surface area (Å²) in [5, 5.41) is 3.50. The minimum atomic E-state index is -0.136. The van der Waals surface area contributed by atoms with Crippen LogP contribution in [0.25, 0.3) is 0 Å². The second-order valence-corrected chi connectivity index (χ2v) is 4.28. The summed E-state index contributed by atoms with van der Waals surface area (Å²) >= 11 is 6.00. The van der Waals surface area contributed by atoms with Crippen molar-refractivity contribution in [1.29, 1.82) is 0 Å². The van der Waals surface area contributed by atoms with Crippen molar-refractivity contribution in [2.24, 2.45) is 7.05 Å². The highest BCUT2D eigenvalue weighted by atomic mass is 35.5. The second-order valence-electron chi connectivity index (χ2n) is 3.87. The number of carbonyl (C=O) groups is 1. The van der Waals surface area contributed by atoms with Gasteiger partial charge >= 0.3 is 0 Å². The summed E-state index contributed by atoms with van der Waals surface area (Å²) in [7, 11) is 1.83. The number of hydrogen-bond acceptors (Lipinski definition) is 1. The van der Waals surface area contributed by atoms with Gasteiger partial charge in [-0.3, -0.25) is 4.79 Å². The highest BCUT2D eigenvalue weighted by Crippen LogP contribution is 2.23. The number of anilines is 1. The molecule has 0 aliphatic rings. The summed E-state index contributed by atoms with van der Waals surface area (Å²) in [5.74, 6) is -0.136. The lowest BCUT2D eigenvalue weighted by Crippen LogP contribution is -2.16. The summed E-state index contributed by atoms with van der Waals surface area (Å²) in [4.78, 5) is 12.0. The van der Waals surface area contributed by atoms with Crippen LogP contribution in [-0.4, -0.2) is 10.5 Å². The van der Waals surface area contributed by atoms with Crippen LogP contribution in [0.1, 0.15) is 16.1 Å². The van der Waals surface area contributed by atoms with Gasteiger partial charge in [-0.25, -0.2) is 0 Å². The van der Waals surface area contributed by atoms with Crippen molar-refractivity contribution in [2.45, 2.75) is 6.92 Å². The van der Waals surface area contributed by atoms with Crippen LogP contribution in [0.2, 0.25) is 5.02 Å². The highest BCUT2D eigenvalue weighted by molar-refractivity contribution is 6.31. The van der Waals surface area contributed by atoms with Gasteiger partial charge in [0.1, 0.15) is 5.69 Å². The molecule has 0 saturated carbocycles. The van der Waals surface area contributed by atoms with E-state index in [2.05, 4.69) is 5.32 Å². The SMILES string of the molecule is Cc1c(Cl)cccc1NC(=O)c1cccn1C. The van der Waals surface area contributed by atoms with Crippen molar-refractivity contribution >= 4 is 23.2 Å². The Morgan fingerprint density at radius 2 is 2.06 bits per heavy atom. The Balaban J connectivity index is 2.25. The van der Waals surface area contributed by atoms with E-state index in [0.29, 0.717) is 10.7 Å². The first kappa shape index (κ1) is 11.7. The molecule has 17 heavy (non-hydrogen) atoms. The fourth-order valence-corrected chi connectivity index (χ4v) is 1.80. The van der Waals surface area contributed by atoms with Gasteiger partial charge in [-0.2, -0.15) is 0 Å². The van der Waals surface area contributed by atoms with E-state index in [1.54, 1.807) is 16.7 Å². The molecule has 0 aliphatic carbocycles. The number of aryl methyl sites for hydroxylation is 1. The Morgan fingerprint density at radius 3 is 2.71 bits per heavy atom. The Labute approximate surface area is 105 Å². The molecule has 3 nitrogen and oxygen atoms in total. The van der Waals surface area contributed by atoms with Gasteiger partial charge in [0.15, 0.2) is 0 Å². The van der Waals surface area contributed by atoms with E-state index in [1.165, 1.54) is 0 Å². The molecule has 88 valence electrons. The molecule has 0 unspecified atom stereocenters. The fraction of sp³-hybridized carbons (Fsp3) is 0.154. The summed E-state index contributed by atoms with van der Waals surface area (Å²) in [5.41, 5.74) is 2.23. The number of halogens is 1. The molecule has 0 atom stereocenters. The van der Waals surface area contributed by atoms with Crippen LogP contribution in [0.3, 0.4) is 0 Å². The predicted molar refractivity (Wildman–Crippen MR) is 69.6 cm³/mol. The van der Waals surface area contributed by atoms with Gasteiger partial charge in [-0.05, 0) is 36.8 Å². The van der Waals surface area contributed by atoms with E-state index in [9.17, 15) is 4.79 Å². The Kier molecular flexibility index (Phi) is 3.20. The minimum absolute atomic E-state index is 0.136. The quantitative estimate of drug-likeness (QED) is 0.870. The van der Waals surface area contributed by atoms with Gasteiger partial charge in [0.05, 0.1) is 0 Å². The molecule has 1 heterocycles. The van der Waals surface area contributed by atoms with Crippen LogP contribution in [-0.2, 0) is 7.05 Å². The Bertz CT molecular complexity index is 560. The number of benzene rings is 1. The molecule has 0 aliphatic heterocycles. The highest BCUT2D eigenvalue weighted by Gasteiger charge is 2.10. The Hall–Kier alpha value is -1.74. The van der Waals surface area contributed by atoms with Gasteiger partial charge in [-0.1, -0.05) is 17.7 Å². The van der Waals surface area contributed by atoms with Crippen LogP contribution in [0.4, 0.5) is 5.69 Å². The van der Waals surface area contributed by atoms with E-state index < -0.39 is 0 Å². The maximum Gasteiger partial charge on any atom is 0.272 e. The number of nitrogens with zero attached hydrogens (tertiary/aromatic N) is 1. The first-order valence-corrected chi connectivity index (χ1v) is 5.65. The largest absolute Gasteiger partial charge is 0.347 e. The Morgan fingerprint density at radius 1 is 1.29 bits per heavy atom. The van der Waals surface area contributed by atoms with E-state index in [-0.39, 0.29) is 5.91 Å². The number of nitrogens with one attached hydrogen (secondary N) is 1. The average Bonchev–Trinajstić information content (AvgIpc) is 2.71. The molecule has 1 aromatic heterocycles. The van der Waals surface area contributed by atoms with Crippen molar-refractivity contribution in [3.8, 4) is 0 Å². The van der Waals surface area contributed by atoms with Crippen molar-refractivity contribution in [1.82, 2.24) is 4.57 Å². The van der Waals surface area contributed by atoms with Gasteiger partial charge in [0.2, 0.25) is 0 Å². The number of aromatic nitrogens is 1. The topological polar surface area (TPSA) is 34.0 Å². The molecule has 1 N–H and O–H groups in total. The summed E-state index contributed by atoms with van der Waals surface area (Å²) in [6.45, 7) is 1.88. The number of carbonyl (C=O) groups excluding carboxylic acids is 1. The van der Waals surface area contributed by atoms with Crippen molar-refractivity contribution < 1.29 is 4.79 Å². The fourth-order valence-electron chi connectivity index (χ4n) is 1.63. The monoisotopic (exact) mass is 248 g/mol. The third-order valence-corrected chi connectivity index (χ3v) is 3.10. The van der Waals surface area contributed by atoms with Crippen LogP contribution >= 0.6 is 11.6 Å². The molecule has 2 aromatic rings. The third-order valence-electron chi connectivity index (χ3n) is 2.69. The van der Waals surface area contributed by atoms with Gasteiger partial charge < -0.3 is 9.88 Å². The van der Waals surface area contributed by atoms with Crippen LogP contribution in [0.15, 0.2) is 36.5 Å². The van der Waals surface area contributed by atoms with Gasteiger partial charge in [0.25, 0.3) is 5.91 Å². The first-order valence-electron chi connectivity index (χ1n) is 5.27. The van der Waals surface area contributed by atoms with Crippen LogP contribution in [0, 0.1) is 6.92 Å². The number of hydrogen-bond donors (Lipinski definition) is 1. The smallest absolute Gasteiger partial charge is 0.272 e. The molecule has 0 spiro atoms. The van der Waals surface area contributed by atoms with Crippen LogP contribution < -0.4 is 5.32 Å². The zero-order chi connectivity index (χ0) is 12.4. The van der Waals surface area contributed by atoms with E-state index in [0.717, 1.165) is 11.3 Å². The summed E-state index contributed by atoms with van der Waals surface area (Å²) in [6, 6.07) is 9.06. The molecular formula is C13H13ClN2O. The molecule has 0 radical (unpaired) electrons. The summed E-state index contributed by atoms with van der Waals surface area (Å²) in [6.07, 6.45) is 1.83. The van der Waals surface area contributed by atoms with Crippen molar-refractivity contribution in [3.05, 3.63) is 52.8 Å². The van der Waals surface area contributed by atoms with E-state index in [1.807, 2.05) is 38.4 Å². The number of amides is 1. The molecular weight excluding hydrogens is 236 g/mol. The minimum Gasteiger partial charge on any atom is -0.347 e. The van der Waals surface area contributed by atoms with E-state index in [4.69, 9.17) is 11.6 Å². The number of rotatable bonds is 2. The molecule has 1 aromatic carbocycles. The molecule has 4 heteroatoms. The van der Waals surface area contributed by atoms with Crippen molar-refractivity contribution in [3.63, 3.8) is 0 Å². The maximum atomic E-state index is 12.0. The van der Waals surface area contributed by atoms with Crippen LogP contribution in [0.5, 0.6) is 0 Å². The molecule has 1 amide bonds.